The highest BCUT2D eigenvalue weighted by molar-refractivity contribution is 9.10. The van der Waals surface area contributed by atoms with Gasteiger partial charge in [-0.25, -0.2) is 4.39 Å². The maximum atomic E-state index is 13.2. The predicted octanol–water partition coefficient (Wildman–Crippen LogP) is 3.48. The number of piperazine rings is 1. The quantitative estimate of drug-likeness (QED) is 0.553. The molecule has 1 aliphatic heterocycles. The number of hydrogen-bond donors (Lipinski definition) is 1. The molecule has 2 unspecified atom stereocenters. The average molecular weight is 529 g/mol. The van der Waals surface area contributed by atoms with Gasteiger partial charge in [0.15, 0.2) is 6.61 Å². The summed E-state index contributed by atoms with van der Waals surface area (Å²) in [7, 11) is -4.25. The van der Waals surface area contributed by atoms with Crippen molar-refractivity contribution in [1.82, 2.24) is 9.80 Å². The van der Waals surface area contributed by atoms with Crippen molar-refractivity contribution >= 4 is 32.0 Å². The number of ether oxygens (including phenoxy) is 1. The second-order valence-corrected chi connectivity index (χ2v) is 10.4. The summed E-state index contributed by atoms with van der Waals surface area (Å²) in [6.07, 6.45) is 0. The highest BCUT2D eigenvalue weighted by Crippen LogP contribution is 2.25. The van der Waals surface area contributed by atoms with E-state index in [0.29, 0.717) is 24.1 Å². The summed E-state index contributed by atoms with van der Waals surface area (Å²) in [6.45, 7) is 5.61. The highest BCUT2D eigenvalue weighted by atomic mass is 79.9. The Bertz CT molecular complexity index is 1060. The van der Waals surface area contributed by atoms with E-state index in [1.807, 2.05) is 13.8 Å². The lowest BCUT2D eigenvalue weighted by Gasteiger charge is -2.44. The van der Waals surface area contributed by atoms with Gasteiger partial charge in [-0.1, -0.05) is 28.1 Å². The lowest BCUT2D eigenvalue weighted by Crippen LogP contribution is -2.58. The molecule has 0 spiro atoms. The summed E-state index contributed by atoms with van der Waals surface area (Å²) in [6, 6.07) is 11.2. The molecule has 1 aliphatic rings. The molecule has 0 radical (unpaired) electrons. The maximum absolute atomic E-state index is 13.2. The van der Waals surface area contributed by atoms with Crippen molar-refractivity contribution in [2.75, 3.05) is 19.7 Å². The summed E-state index contributed by atoms with van der Waals surface area (Å²) in [5.41, 5.74) is 1.27. The Balaban J connectivity index is 1.61. The van der Waals surface area contributed by atoms with Crippen molar-refractivity contribution in [3.63, 3.8) is 0 Å². The fourth-order valence-electron chi connectivity index (χ4n) is 3.81. The van der Waals surface area contributed by atoms with Gasteiger partial charge in [0.2, 0.25) is 0 Å². The molecule has 174 valence electrons. The van der Waals surface area contributed by atoms with Crippen LogP contribution in [0.2, 0.25) is 0 Å². The van der Waals surface area contributed by atoms with Gasteiger partial charge in [0.1, 0.15) is 17.3 Å². The molecule has 7 nitrogen and oxygen atoms in total. The number of halogens is 2. The third-order valence-corrected chi connectivity index (χ3v) is 6.61. The van der Waals surface area contributed by atoms with Crippen LogP contribution >= 0.6 is 15.9 Å². The van der Waals surface area contributed by atoms with E-state index in [1.165, 1.54) is 18.2 Å². The van der Waals surface area contributed by atoms with E-state index in [9.17, 15) is 22.2 Å². The van der Waals surface area contributed by atoms with Gasteiger partial charge in [-0.2, -0.15) is 8.42 Å². The monoisotopic (exact) mass is 528 g/mol. The molecule has 0 bridgehead atoms. The summed E-state index contributed by atoms with van der Waals surface area (Å²) in [5.74, 6) is -0.844. The fourth-order valence-corrected chi connectivity index (χ4v) is 4.84. The zero-order valence-corrected chi connectivity index (χ0v) is 20.3. The van der Waals surface area contributed by atoms with E-state index in [-0.39, 0.29) is 41.7 Å². The number of carbonyl (C=O) groups is 1. The van der Waals surface area contributed by atoms with Crippen LogP contribution in [0, 0.1) is 5.82 Å². The van der Waals surface area contributed by atoms with Gasteiger partial charge in [-0.3, -0.25) is 14.2 Å². The van der Waals surface area contributed by atoms with Crippen LogP contribution in [-0.2, 0) is 27.2 Å². The molecule has 10 heteroatoms. The molecule has 1 amide bonds. The molecule has 2 aromatic rings. The Labute approximate surface area is 196 Å². The smallest absolute Gasteiger partial charge is 0.269 e. The summed E-state index contributed by atoms with van der Waals surface area (Å²) < 4.78 is 51.2. The Morgan fingerprint density at radius 3 is 2.50 bits per heavy atom. The molecule has 1 fully saturated rings. The number of carbonyl (C=O) groups excluding carboxylic acids is 1. The molecular formula is C22H26BrFN2O5S. The van der Waals surface area contributed by atoms with E-state index >= 15 is 0 Å². The minimum Gasteiger partial charge on any atom is -0.483 e. The van der Waals surface area contributed by atoms with E-state index in [0.717, 1.165) is 5.56 Å². The van der Waals surface area contributed by atoms with Crippen LogP contribution in [0.25, 0.3) is 0 Å². The first-order valence-corrected chi connectivity index (χ1v) is 12.6. The number of hydrogen-bond acceptors (Lipinski definition) is 5. The fraction of sp³-hybridized carbons (Fsp3) is 0.409. The topological polar surface area (TPSA) is 87.1 Å². The summed E-state index contributed by atoms with van der Waals surface area (Å²) >= 11 is 3.26. The number of benzene rings is 2. The number of amides is 1. The Morgan fingerprint density at radius 2 is 1.84 bits per heavy atom. The van der Waals surface area contributed by atoms with Crippen molar-refractivity contribution in [3.8, 4) is 5.75 Å². The van der Waals surface area contributed by atoms with E-state index < -0.39 is 15.9 Å². The molecule has 2 aromatic carbocycles. The van der Waals surface area contributed by atoms with Crippen molar-refractivity contribution in [2.24, 2.45) is 0 Å². The van der Waals surface area contributed by atoms with Gasteiger partial charge in [-0.15, -0.1) is 0 Å². The first-order chi connectivity index (χ1) is 15.0. The van der Waals surface area contributed by atoms with Crippen LogP contribution in [0.1, 0.15) is 25.0 Å². The average Bonchev–Trinajstić information content (AvgIpc) is 2.70. The number of nitrogens with zero attached hydrogens (tertiary/aromatic N) is 2. The van der Waals surface area contributed by atoms with Gasteiger partial charge in [0, 0.05) is 41.8 Å². The molecule has 32 heavy (non-hydrogen) atoms. The number of rotatable bonds is 7. The first-order valence-electron chi connectivity index (χ1n) is 10.2. The normalized spacial score (nSPS) is 19.7. The van der Waals surface area contributed by atoms with Crippen LogP contribution in [0.3, 0.4) is 0 Å². The van der Waals surface area contributed by atoms with Crippen molar-refractivity contribution in [3.05, 3.63) is 63.9 Å². The van der Waals surface area contributed by atoms with Gasteiger partial charge in [0.05, 0.1) is 0 Å². The maximum Gasteiger partial charge on any atom is 0.269 e. The second kappa shape index (κ2) is 10.3. The molecule has 1 heterocycles. The van der Waals surface area contributed by atoms with Crippen LogP contribution in [0.5, 0.6) is 5.75 Å². The lowest BCUT2D eigenvalue weighted by atomic mass is 10.1. The standard InChI is InChI=1S/C22H26BrFN2O5S/c1-15-11-26(16(2)10-25(15)12-17-3-6-20(24)7-4-17)22(27)13-31-21-8-5-19(23)9-18(21)14-32(28,29)30/h3-9,15-16H,10-14H2,1-2H3,(H,28,29,30). The Hall–Kier alpha value is -2.01. The van der Waals surface area contributed by atoms with Gasteiger partial charge < -0.3 is 9.64 Å². The molecule has 1 saturated heterocycles. The molecule has 0 saturated carbocycles. The molecular weight excluding hydrogens is 503 g/mol. The van der Waals surface area contributed by atoms with Gasteiger partial charge in [0.25, 0.3) is 16.0 Å². The van der Waals surface area contributed by atoms with Crippen LogP contribution in [0.15, 0.2) is 46.9 Å². The first kappa shape index (κ1) is 24.6. The van der Waals surface area contributed by atoms with E-state index in [1.54, 1.807) is 29.2 Å². The molecule has 0 aliphatic carbocycles. The molecule has 2 atom stereocenters. The summed E-state index contributed by atoms with van der Waals surface area (Å²) in [5, 5.41) is 0. The largest absolute Gasteiger partial charge is 0.483 e. The van der Waals surface area contributed by atoms with Crippen LogP contribution in [-0.4, -0.2) is 60.5 Å². The molecule has 1 N–H and O–H groups in total. The zero-order valence-electron chi connectivity index (χ0n) is 17.9. The van der Waals surface area contributed by atoms with Crippen LogP contribution < -0.4 is 4.74 Å². The van der Waals surface area contributed by atoms with E-state index in [2.05, 4.69) is 20.8 Å². The van der Waals surface area contributed by atoms with Crippen LogP contribution in [0.4, 0.5) is 4.39 Å². The summed E-state index contributed by atoms with van der Waals surface area (Å²) in [4.78, 5) is 16.9. The molecule has 0 aromatic heterocycles. The van der Waals surface area contributed by atoms with Gasteiger partial charge >= 0.3 is 0 Å². The molecule has 3 rings (SSSR count). The third kappa shape index (κ3) is 6.74. The van der Waals surface area contributed by atoms with Gasteiger partial charge in [-0.05, 0) is 49.7 Å². The van der Waals surface area contributed by atoms with Crippen molar-refractivity contribution < 1.29 is 26.9 Å². The van der Waals surface area contributed by atoms with Crippen molar-refractivity contribution in [1.29, 1.82) is 0 Å². The Morgan fingerprint density at radius 1 is 1.16 bits per heavy atom. The third-order valence-electron chi connectivity index (χ3n) is 5.45. The zero-order chi connectivity index (χ0) is 23.5. The lowest BCUT2D eigenvalue weighted by molar-refractivity contribution is -0.139. The SMILES string of the molecule is CC1CN(C(=O)COc2ccc(Br)cc2CS(=O)(=O)O)C(C)CN1Cc1ccc(F)cc1. The minimum atomic E-state index is -4.25. The van der Waals surface area contributed by atoms with Crippen molar-refractivity contribution in [2.45, 2.75) is 38.2 Å². The Kier molecular flexibility index (Phi) is 7.92. The minimum absolute atomic E-state index is 0.0510. The highest BCUT2D eigenvalue weighted by Gasteiger charge is 2.32. The second-order valence-electron chi connectivity index (χ2n) is 8.07. The predicted molar refractivity (Wildman–Crippen MR) is 122 cm³/mol. The van der Waals surface area contributed by atoms with E-state index in [4.69, 9.17) is 4.74 Å².